The molecule has 2 rings (SSSR count). The lowest BCUT2D eigenvalue weighted by Gasteiger charge is -2.29. The minimum Gasteiger partial charge on any atom is -0.497 e. The van der Waals surface area contributed by atoms with Crippen molar-refractivity contribution < 1.29 is 22.7 Å². The van der Waals surface area contributed by atoms with Crippen molar-refractivity contribution in [1.29, 1.82) is 0 Å². The zero-order valence-corrected chi connectivity index (χ0v) is 17.8. The summed E-state index contributed by atoms with van der Waals surface area (Å²) in [6.45, 7) is 5.37. The fourth-order valence-electron chi connectivity index (χ4n) is 2.87. The van der Waals surface area contributed by atoms with Gasteiger partial charge in [0.1, 0.15) is 17.5 Å². The van der Waals surface area contributed by atoms with Crippen molar-refractivity contribution in [1.82, 2.24) is 0 Å². The summed E-state index contributed by atoms with van der Waals surface area (Å²) in [6, 6.07) is 9.33. The number of hydrogen-bond donors (Lipinski definition) is 1. The molecule has 152 valence electrons. The number of rotatable bonds is 7. The van der Waals surface area contributed by atoms with Crippen LogP contribution in [0.15, 0.2) is 36.4 Å². The Morgan fingerprint density at radius 1 is 1.11 bits per heavy atom. The van der Waals surface area contributed by atoms with Crippen LogP contribution in [0.3, 0.4) is 0 Å². The number of nitrogens with one attached hydrogen (secondary N) is 1. The summed E-state index contributed by atoms with van der Waals surface area (Å²) in [5.74, 6) is 0.313. The van der Waals surface area contributed by atoms with E-state index in [1.807, 2.05) is 26.0 Å². The van der Waals surface area contributed by atoms with Crippen molar-refractivity contribution in [2.45, 2.75) is 26.8 Å². The molecule has 0 fully saturated rings. The largest absolute Gasteiger partial charge is 0.497 e. The summed E-state index contributed by atoms with van der Waals surface area (Å²) in [5.41, 5.74) is 2.82. The molecule has 0 saturated heterocycles. The van der Waals surface area contributed by atoms with Crippen molar-refractivity contribution in [2.24, 2.45) is 0 Å². The van der Waals surface area contributed by atoms with Crippen LogP contribution in [0, 0.1) is 13.8 Å². The average molecular weight is 407 g/mol. The second-order valence-electron chi connectivity index (χ2n) is 6.51. The molecule has 0 spiro atoms. The Morgan fingerprint density at radius 2 is 1.79 bits per heavy atom. The number of amides is 1. The fourth-order valence-corrected chi connectivity index (χ4v) is 4.04. The predicted molar refractivity (Wildman–Crippen MR) is 111 cm³/mol. The number of hydrogen-bond acceptors (Lipinski definition) is 5. The number of carbonyl (C=O) groups is 1. The smallest absolute Gasteiger partial charge is 0.248 e. The number of anilines is 2. The maximum atomic E-state index is 12.9. The second kappa shape index (κ2) is 8.52. The zero-order valence-electron chi connectivity index (χ0n) is 16.9. The molecule has 0 bridgehead atoms. The van der Waals surface area contributed by atoms with Crippen LogP contribution in [0.2, 0.25) is 0 Å². The van der Waals surface area contributed by atoms with E-state index < -0.39 is 22.0 Å². The van der Waals surface area contributed by atoms with E-state index in [2.05, 4.69) is 5.32 Å². The number of carbonyl (C=O) groups excluding carboxylic acids is 1. The number of sulfonamides is 1. The van der Waals surface area contributed by atoms with Gasteiger partial charge in [0.05, 0.1) is 26.2 Å². The lowest BCUT2D eigenvalue weighted by atomic mass is 10.1. The molecular formula is C20H26N2O5S. The highest BCUT2D eigenvalue weighted by atomic mass is 32.2. The summed E-state index contributed by atoms with van der Waals surface area (Å²) in [7, 11) is -0.877. The van der Waals surface area contributed by atoms with Gasteiger partial charge in [-0.05, 0) is 50.1 Å². The fraction of sp³-hybridized carbons (Fsp3) is 0.350. The van der Waals surface area contributed by atoms with Gasteiger partial charge in [0.25, 0.3) is 0 Å². The molecule has 7 nitrogen and oxygen atoms in total. The number of nitrogens with zero attached hydrogens (tertiary/aromatic N) is 1. The lowest BCUT2D eigenvalue weighted by molar-refractivity contribution is -0.116. The van der Waals surface area contributed by atoms with E-state index in [4.69, 9.17) is 9.47 Å². The van der Waals surface area contributed by atoms with E-state index in [1.54, 1.807) is 18.2 Å². The van der Waals surface area contributed by atoms with Gasteiger partial charge in [0, 0.05) is 11.8 Å². The van der Waals surface area contributed by atoms with Gasteiger partial charge in [-0.2, -0.15) is 0 Å². The molecule has 1 unspecified atom stereocenters. The van der Waals surface area contributed by atoms with Gasteiger partial charge in [-0.1, -0.05) is 12.1 Å². The van der Waals surface area contributed by atoms with Crippen molar-refractivity contribution in [3.05, 3.63) is 47.5 Å². The summed E-state index contributed by atoms with van der Waals surface area (Å²) < 4.78 is 36.7. The normalized spacial score (nSPS) is 12.2. The van der Waals surface area contributed by atoms with Crippen molar-refractivity contribution in [3.63, 3.8) is 0 Å². The third kappa shape index (κ3) is 4.56. The Balaban J connectivity index is 2.46. The molecule has 0 aliphatic heterocycles. The molecule has 0 radical (unpaired) electrons. The summed E-state index contributed by atoms with van der Waals surface area (Å²) >= 11 is 0. The molecule has 1 amide bonds. The first-order valence-corrected chi connectivity index (χ1v) is 10.5. The van der Waals surface area contributed by atoms with Gasteiger partial charge in [-0.15, -0.1) is 0 Å². The van der Waals surface area contributed by atoms with Crippen molar-refractivity contribution in [2.75, 3.05) is 30.1 Å². The molecule has 0 aromatic heterocycles. The summed E-state index contributed by atoms with van der Waals surface area (Å²) in [4.78, 5) is 12.9. The molecule has 0 heterocycles. The second-order valence-corrected chi connectivity index (χ2v) is 8.37. The van der Waals surface area contributed by atoms with Crippen LogP contribution >= 0.6 is 0 Å². The molecule has 2 aromatic carbocycles. The van der Waals surface area contributed by atoms with Gasteiger partial charge in [0.15, 0.2) is 0 Å². The van der Waals surface area contributed by atoms with Crippen molar-refractivity contribution >= 4 is 27.3 Å². The topological polar surface area (TPSA) is 84.9 Å². The highest BCUT2D eigenvalue weighted by molar-refractivity contribution is 7.92. The first kappa shape index (κ1) is 21.6. The van der Waals surface area contributed by atoms with Gasteiger partial charge in [-0.3, -0.25) is 9.10 Å². The van der Waals surface area contributed by atoms with E-state index in [0.717, 1.165) is 21.7 Å². The number of benzene rings is 2. The van der Waals surface area contributed by atoms with Crippen LogP contribution in [0.1, 0.15) is 18.1 Å². The Bertz CT molecular complexity index is 973. The number of aryl methyl sites for hydroxylation is 1. The molecule has 1 N–H and O–H groups in total. The average Bonchev–Trinajstić information content (AvgIpc) is 2.64. The third-order valence-corrected chi connectivity index (χ3v) is 5.80. The van der Waals surface area contributed by atoms with E-state index in [0.29, 0.717) is 17.2 Å². The quantitative estimate of drug-likeness (QED) is 0.764. The minimum absolute atomic E-state index is 0.230. The SMILES string of the molecule is COc1ccc(OC)c(N(C(C)C(=O)Nc2cccc(C)c2C)S(C)(=O)=O)c1. The van der Waals surface area contributed by atoms with Gasteiger partial charge in [0.2, 0.25) is 15.9 Å². The Morgan fingerprint density at radius 3 is 2.36 bits per heavy atom. The monoisotopic (exact) mass is 406 g/mol. The predicted octanol–water partition coefficient (Wildman–Crippen LogP) is 3.11. The molecule has 28 heavy (non-hydrogen) atoms. The first-order chi connectivity index (χ1) is 13.1. The lowest BCUT2D eigenvalue weighted by Crippen LogP contribution is -2.45. The van der Waals surface area contributed by atoms with Crippen molar-refractivity contribution in [3.8, 4) is 11.5 Å². The van der Waals surface area contributed by atoms with Crippen LogP contribution in [0.5, 0.6) is 11.5 Å². The molecule has 1 atom stereocenters. The van der Waals surface area contributed by atoms with Crippen LogP contribution in [0.4, 0.5) is 11.4 Å². The molecule has 0 aliphatic rings. The highest BCUT2D eigenvalue weighted by Crippen LogP contribution is 2.35. The molecular weight excluding hydrogens is 380 g/mol. The number of methoxy groups -OCH3 is 2. The zero-order chi connectivity index (χ0) is 21.1. The Hall–Kier alpha value is -2.74. The van der Waals surface area contributed by atoms with Gasteiger partial charge >= 0.3 is 0 Å². The van der Waals surface area contributed by atoms with Crippen LogP contribution in [-0.2, 0) is 14.8 Å². The molecule has 0 saturated carbocycles. The third-order valence-electron chi connectivity index (χ3n) is 4.57. The van der Waals surface area contributed by atoms with Gasteiger partial charge < -0.3 is 14.8 Å². The maximum absolute atomic E-state index is 12.9. The standard InChI is InChI=1S/C20H26N2O5S/c1-13-8-7-9-17(14(13)2)21-20(23)15(3)22(28(6,24)25)18-12-16(26-4)10-11-19(18)27-5/h7-12,15H,1-6H3,(H,21,23). The summed E-state index contributed by atoms with van der Waals surface area (Å²) in [5, 5.41) is 2.82. The van der Waals surface area contributed by atoms with Crippen LogP contribution in [-0.4, -0.2) is 40.8 Å². The number of ether oxygens (including phenoxy) is 2. The summed E-state index contributed by atoms with van der Waals surface area (Å²) in [6.07, 6.45) is 1.05. The maximum Gasteiger partial charge on any atom is 0.248 e. The molecule has 0 aliphatic carbocycles. The van der Waals surface area contributed by atoms with E-state index >= 15 is 0 Å². The van der Waals surface area contributed by atoms with E-state index in [-0.39, 0.29) is 5.69 Å². The molecule has 8 heteroatoms. The van der Waals surface area contributed by atoms with Crippen LogP contribution < -0.4 is 19.1 Å². The minimum atomic E-state index is -3.79. The highest BCUT2D eigenvalue weighted by Gasteiger charge is 2.32. The van der Waals surface area contributed by atoms with Gasteiger partial charge in [-0.25, -0.2) is 8.42 Å². The molecule has 2 aromatic rings. The Labute approximate surface area is 166 Å². The first-order valence-electron chi connectivity index (χ1n) is 8.68. The van der Waals surface area contributed by atoms with E-state index in [1.165, 1.54) is 27.2 Å². The van der Waals surface area contributed by atoms with Crippen LogP contribution in [0.25, 0.3) is 0 Å². The Kier molecular flexibility index (Phi) is 6.56. The van der Waals surface area contributed by atoms with E-state index in [9.17, 15) is 13.2 Å².